The smallest absolute Gasteiger partial charge is 0.306 e. The Labute approximate surface area is 220 Å². The summed E-state index contributed by atoms with van der Waals surface area (Å²) >= 11 is 0. The molecule has 10 heteroatoms. The molecule has 1 unspecified atom stereocenters. The first kappa shape index (κ1) is 32.6. The summed E-state index contributed by atoms with van der Waals surface area (Å²) in [5.41, 5.74) is 0. The minimum Gasteiger partial charge on any atom is -1.00 e. The van der Waals surface area contributed by atoms with Gasteiger partial charge in [-0.1, -0.05) is 20.8 Å². The molecule has 0 N–H and O–H groups in total. The molecular formula is C24H40INO8. The normalized spacial score (nSPS) is 22.1. The molecule has 1 aliphatic rings. The lowest BCUT2D eigenvalue weighted by atomic mass is 10.0. The van der Waals surface area contributed by atoms with Crippen LogP contribution in [0.3, 0.4) is 0 Å². The first-order valence-corrected chi connectivity index (χ1v) is 11.7. The standard InChI is InChI=1S/C24H40NO8.HI/c1-7-11-19(26)31-18-17-30-24(29-16-15-25(5,6)14-10-4)23(33-21(28)13-9-3)22(18)32-20(27)12-8-2;/h4,18,22-24H,7-9,11-17H2,1-3,5-6H3;1H/q+1;/p-1/t18-,22-,23-,24?;/m1./s1. The molecule has 34 heavy (non-hydrogen) atoms. The van der Waals surface area contributed by atoms with Gasteiger partial charge in [0.1, 0.15) is 13.1 Å². The molecule has 196 valence electrons. The second-order valence-electron chi connectivity index (χ2n) is 8.78. The summed E-state index contributed by atoms with van der Waals surface area (Å²) in [6.07, 6.45) is 3.82. The lowest BCUT2D eigenvalue weighted by molar-refractivity contribution is -0.883. The quantitative estimate of drug-likeness (QED) is 0.0846. The molecule has 0 amide bonds. The van der Waals surface area contributed by atoms with E-state index in [1.54, 1.807) is 0 Å². The molecule has 0 spiro atoms. The van der Waals surface area contributed by atoms with E-state index in [0.29, 0.717) is 36.8 Å². The number of likely N-dealkylation sites (N-methyl/N-ethyl adjacent to an activating group) is 1. The van der Waals surface area contributed by atoms with Gasteiger partial charge >= 0.3 is 17.9 Å². The van der Waals surface area contributed by atoms with Gasteiger partial charge in [-0.15, -0.1) is 6.42 Å². The van der Waals surface area contributed by atoms with Crippen LogP contribution in [-0.2, 0) is 38.1 Å². The predicted molar refractivity (Wildman–Crippen MR) is 121 cm³/mol. The summed E-state index contributed by atoms with van der Waals surface area (Å²) in [4.78, 5) is 36.8. The Bertz CT molecular complexity index is 678. The second-order valence-corrected chi connectivity index (χ2v) is 8.78. The number of halogens is 1. The maximum Gasteiger partial charge on any atom is 0.306 e. The van der Waals surface area contributed by atoms with Crippen LogP contribution >= 0.6 is 0 Å². The number of quaternary nitrogens is 1. The topological polar surface area (TPSA) is 97.4 Å². The lowest BCUT2D eigenvalue weighted by Gasteiger charge is -2.40. The van der Waals surface area contributed by atoms with Crippen LogP contribution in [0, 0.1) is 12.3 Å². The van der Waals surface area contributed by atoms with E-state index >= 15 is 0 Å². The molecule has 1 heterocycles. The molecule has 0 aliphatic carbocycles. The molecule has 1 fully saturated rings. The van der Waals surface area contributed by atoms with E-state index in [-0.39, 0.29) is 56.5 Å². The zero-order chi connectivity index (χ0) is 24.9. The number of hydrogen-bond donors (Lipinski definition) is 0. The highest BCUT2D eigenvalue weighted by Gasteiger charge is 2.48. The van der Waals surface area contributed by atoms with E-state index in [2.05, 4.69) is 5.92 Å². The van der Waals surface area contributed by atoms with Crippen molar-refractivity contribution in [2.75, 3.05) is 40.4 Å². The van der Waals surface area contributed by atoms with E-state index in [1.165, 1.54) is 0 Å². The predicted octanol–water partition coefficient (Wildman–Crippen LogP) is -0.791. The van der Waals surface area contributed by atoms with Crippen LogP contribution in [0.1, 0.15) is 59.3 Å². The highest BCUT2D eigenvalue weighted by Crippen LogP contribution is 2.26. The molecule has 1 rings (SSSR count). The number of rotatable bonds is 14. The van der Waals surface area contributed by atoms with Gasteiger partial charge in [0.15, 0.2) is 24.6 Å². The summed E-state index contributed by atoms with van der Waals surface area (Å²) in [6, 6.07) is 0. The van der Waals surface area contributed by atoms with Crippen LogP contribution in [0.25, 0.3) is 0 Å². The Kier molecular flexibility index (Phi) is 16.4. The monoisotopic (exact) mass is 597 g/mol. The van der Waals surface area contributed by atoms with Gasteiger partial charge in [0.2, 0.25) is 0 Å². The van der Waals surface area contributed by atoms with Gasteiger partial charge in [-0.3, -0.25) is 14.4 Å². The van der Waals surface area contributed by atoms with E-state index in [9.17, 15) is 14.4 Å². The van der Waals surface area contributed by atoms with Crippen molar-refractivity contribution in [3.63, 3.8) is 0 Å². The molecular weight excluding hydrogens is 557 g/mol. The van der Waals surface area contributed by atoms with E-state index < -0.39 is 42.5 Å². The molecule has 9 nitrogen and oxygen atoms in total. The Morgan fingerprint density at radius 3 is 1.91 bits per heavy atom. The van der Waals surface area contributed by atoms with E-state index in [0.717, 1.165) is 0 Å². The molecule has 0 aromatic rings. The molecule has 0 saturated carbocycles. The number of hydrogen-bond acceptors (Lipinski definition) is 8. The van der Waals surface area contributed by atoms with Crippen LogP contribution in [0.4, 0.5) is 0 Å². The van der Waals surface area contributed by atoms with Crippen LogP contribution < -0.4 is 24.0 Å². The third-order valence-electron chi connectivity index (χ3n) is 5.06. The number of ether oxygens (including phenoxy) is 5. The third-order valence-corrected chi connectivity index (χ3v) is 5.06. The highest BCUT2D eigenvalue weighted by atomic mass is 127. The molecule has 0 aromatic carbocycles. The SMILES string of the molecule is C#CC[N+](C)(C)CCOC1OC[C@@H](OC(=O)CCC)[C@@H](OC(=O)CCC)[C@H]1OC(=O)CCC.[I-]. The summed E-state index contributed by atoms with van der Waals surface area (Å²) < 4.78 is 29.1. The van der Waals surface area contributed by atoms with Gasteiger partial charge in [0, 0.05) is 19.3 Å². The van der Waals surface area contributed by atoms with Crippen molar-refractivity contribution in [1.29, 1.82) is 0 Å². The summed E-state index contributed by atoms with van der Waals surface area (Å²) in [5, 5.41) is 0. The van der Waals surface area contributed by atoms with Crippen LogP contribution in [-0.4, -0.2) is 87.4 Å². The molecule has 1 saturated heterocycles. The van der Waals surface area contributed by atoms with Gasteiger partial charge in [0.05, 0.1) is 27.3 Å². The molecule has 0 radical (unpaired) electrons. The number of esters is 3. The zero-order valence-electron chi connectivity index (χ0n) is 21.0. The van der Waals surface area contributed by atoms with Crippen molar-refractivity contribution in [2.45, 2.75) is 83.9 Å². The first-order valence-electron chi connectivity index (χ1n) is 11.7. The molecule has 0 aromatic heterocycles. The maximum atomic E-state index is 12.4. The Balaban J connectivity index is 0.0000109. The third kappa shape index (κ3) is 11.8. The van der Waals surface area contributed by atoms with Crippen LogP contribution in [0.15, 0.2) is 0 Å². The minimum atomic E-state index is -1.07. The number of nitrogens with zero attached hydrogens (tertiary/aromatic N) is 1. The largest absolute Gasteiger partial charge is 1.00 e. The Morgan fingerprint density at radius 1 is 0.912 bits per heavy atom. The van der Waals surface area contributed by atoms with E-state index in [4.69, 9.17) is 30.1 Å². The van der Waals surface area contributed by atoms with Crippen molar-refractivity contribution in [2.24, 2.45) is 0 Å². The molecule has 4 atom stereocenters. The average molecular weight is 597 g/mol. The lowest BCUT2D eigenvalue weighted by Crippen LogP contribution is -3.00. The van der Waals surface area contributed by atoms with Gasteiger partial charge in [-0.05, 0) is 25.2 Å². The van der Waals surface area contributed by atoms with Crippen molar-refractivity contribution >= 4 is 17.9 Å². The molecule has 1 aliphatic heterocycles. The van der Waals surface area contributed by atoms with Gasteiger partial charge in [0.25, 0.3) is 0 Å². The fourth-order valence-electron chi connectivity index (χ4n) is 3.26. The highest BCUT2D eigenvalue weighted by molar-refractivity contribution is 5.71. The van der Waals surface area contributed by atoms with Crippen LogP contribution in [0.5, 0.6) is 0 Å². The van der Waals surface area contributed by atoms with Crippen molar-refractivity contribution in [1.82, 2.24) is 0 Å². The minimum absolute atomic E-state index is 0. The van der Waals surface area contributed by atoms with Crippen molar-refractivity contribution in [3.8, 4) is 12.3 Å². The van der Waals surface area contributed by atoms with E-state index in [1.807, 2.05) is 34.9 Å². The fraction of sp³-hybridized carbons (Fsp3) is 0.792. The molecule has 0 bridgehead atoms. The Morgan fingerprint density at radius 2 is 1.41 bits per heavy atom. The van der Waals surface area contributed by atoms with Gasteiger partial charge in [-0.2, -0.15) is 0 Å². The first-order chi connectivity index (χ1) is 15.7. The number of carbonyl (C=O) groups excluding carboxylic acids is 3. The summed E-state index contributed by atoms with van der Waals surface area (Å²) in [5.74, 6) is 1.25. The number of carbonyl (C=O) groups is 3. The fourth-order valence-corrected chi connectivity index (χ4v) is 3.26. The second kappa shape index (κ2) is 17.1. The van der Waals surface area contributed by atoms with Gasteiger partial charge < -0.3 is 52.1 Å². The van der Waals surface area contributed by atoms with Crippen molar-refractivity contribution in [3.05, 3.63) is 0 Å². The zero-order valence-corrected chi connectivity index (χ0v) is 23.2. The maximum absolute atomic E-state index is 12.4. The number of terminal acetylenes is 1. The Hall–Kier alpha value is -1.42. The summed E-state index contributed by atoms with van der Waals surface area (Å²) in [7, 11) is 3.95. The van der Waals surface area contributed by atoms with Crippen LogP contribution in [0.2, 0.25) is 0 Å². The van der Waals surface area contributed by atoms with Crippen molar-refractivity contribution < 1.29 is 66.5 Å². The summed E-state index contributed by atoms with van der Waals surface area (Å²) in [6.45, 7) is 6.91. The average Bonchev–Trinajstić information content (AvgIpc) is 2.72. The van der Waals surface area contributed by atoms with Gasteiger partial charge in [-0.25, -0.2) is 0 Å².